The van der Waals surface area contributed by atoms with Crippen molar-refractivity contribution in [2.45, 2.75) is 0 Å². The Labute approximate surface area is 76.1 Å². The molecule has 0 fully saturated rings. The molecule has 0 saturated heterocycles. The monoisotopic (exact) mass is 228 g/mol. The molecule has 0 saturated carbocycles. The molecule has 6 heteroatoms. The van der Waals surface area contributed by atoms with E-state index in [0.717, 1.165) is 5.56 Å². The second-order valence-corrected chi connectivity index (χ2v) is 2.99. The molecule has 0 aliphatic heterocycles. The molecule has 2 aromatic heterocycles. The van der Waals surface area contributed by atoms with Crippen LogP contribution in [0.15, 0.2) is 21.4 Å². The highest BCUT2D eigenvalue weighted by Crippen LogP contribution is 2.31. The highest BCUT2D eigenvalue weighted by molar-refractivity contribution is 9.10. The summed E-state index contributed by atoms with van der Waals surface area (Å²) in [5, 5.41) is 10.0. The highest BCUT2D eigenvalue weighted by atomic mass is 79.9. The van der Waals surface area contributed by atoms with Crippen molar-refractivity contribution < 1.29 is 4.52 Å². The Morgan fingerprint density at radius 3 is 2.92 bits per heavy atom. The summed E-state index contributed by atoms with van der Waals surface area (Å²) in [6.07, 6.45) is 3.33. The first-order valence-electron chi connectivity index (χ1n) is 3.19. The molecule has 0 aliphatic carbocycles. The number of hydrogen-bond acceptors (Lipinski definition) is 4. The number of nitrogens with zero attached hydrogens (tertiary/aromatic N) is 2. The van der Waals surface area contributed by atoms with E-state index in [9.17, 15) is 0 Å². The Bertz CT molecular complexity index is 380. The van der Waals surface area contributed by atoms with Gasteiger partial charge in [-0.25, -0.2) is 0 Å². The lowest BCUT2D eigenvalue weighted by molar-refractivity contribution is 0.435. The third-order valence-corrected chi connectivity index (χ3v) is 2.19. The zero-order valence-corrected chi connectivity index (χ0v) is 7.50. The van der Waals surface area contributed by atoms with Crippen LogP contribution in [0.25, 0.3) is 11.3 Å². The minimum Gasteiger partial charge on any atom is -0.380 e. The fourth-order valence-corrected chi connectivity index (χ4v) is 1.22. The Kier molecular flexibility index (Phi) is 1.61. The van der Waals surface area contributed by atoms with Crippen molar-refractivity contribution in [2.24, 2.45) is 0 Å². The van der Waals surface area contributed by atoms with Gasteiger partial charge in [0.15, 0.2) is 11.6 Å². The smallest absolute Gasteiger partial charge is 0.186 e. The molecule has 2 heterocycles. The van der Waals surface area contributed by atoms with Crippen LogP contribution in [0.2, 0.25) is 0 Å². The maximum Gasteiger partial charge on any atom is 0.186 e. The first-order chi connectivity index (χ1) is 5.79. The predicted molar refractivity (Wildman–Crippen MR) is 46.2 cm³/mol. The van der Waals surface area contributed by atoms with Crippen LogP contribution in [0.3, 0.4) is 0 Å². The predicted octanol–water partition coefficient (Wildman–Crippen LogP) is 1.41. The van der Waals surface area contributed by atoms with Gasteiger partial charge in [0.05, 0.1) is 11.8 Å². The SMILES string of the molecule is Nc1noc(-c2cn[nH]c2)c1Br. The molecule has 2 aromatic rings. The van der Waals surface area contributed by atoms with Crippen molar-refractivity contribution in [2.75, 3.05) is 5.73 Å². The molecule has 0 aromatic carbocycles. The van der Waals surface area contributed by atoms with Crippen LogP contribution in [0.5, 0.6) is 0 Å². The molecule has 0 radical (unpaired) electrons. The van der Waals surface area contributed by atoms with Gasteiger partial charge in [0.25, 0.3) is 0 Å². The van der Waals surface area contributed by atoms with E-state index in [4.69, 9.17) is 10.3 Å². The topological polar surface area (TPSA) is 80.7 Å². The number of hydrogen-bond donors (Lipinski definition) is 2. The van der Waals surface area contributed by atoms with E-state index in [1.807, 2.05) is 0 Å². The molecule has 0 amide bonds. The van der Waals surface area contributed by atoms with Gasteiger partial charge in [-0.3, -0.25) is 5.10 Å². The molecule has 0 atom stereocenters. The van der Waals surface area contributed by atoms with Crippen LogP contribution < -0.4 is 5.73 Å². The first kappa shape index (κ1) is 7.35. The van der Waals surface area contributed by atoms with Crippen molar-refractivity contribution in [3.8, 4) is 11.3 Å². The zero-order chi connectivity index (χ0) is 8.55. The Morgan fingerprint density at radius 2 is 2.42 bits per heavy atom. The fraction of sp³-hybridized carbons (Fsp3) is 0. The summed E-state index contributed by atoms with van der Waals surface area (Å²) in [5.41, 5.74) is 6.28. The molecule has 0 unspecified atom stereocenters. The van der Waals surface area contributed by atoms with Gasteiger partial charge in [0, 0.05) is 6.20 Å². The van der Waals surface area contributed by atoms with Crippen molar-refractivity contribution in [1.29, 1.82) is 0 Å². The standard InChI is InChI=1S/C6H5BrN4O/c7-4-5(12-11-6(4)8)3-1-9-10-2-3/h1-2H,(H2,8,11)(H,9,10). The molecule has 0 spiro atoms. The number of nitrogens with one attached hydrogen (secondary N) is 1. The number of anilines is 1. The second kappa shape index (κ2) is 2.63. The maximum atomic E-state index is 5.46. The van der Waals surface area contributed by atoms with E-state index >= 15 is 0 Å². The van der Waals surface area contributed by atoms with E-state index in [1.54, 1.807) is 12.4 Å². The highest BCUT2D eigenvalue weighted by Gasteiger charge is 2.13. The van der Waals surface area contributed by atoms with Gasteiger partial charge in [0.1, 0.15) is 4.47 Å². The number of rotatable bonds is 1. The van der Waals surface area contributed by atoms with Gasteiger partial charge in [-0.05, 0) is 15.9 Å². The number of aromatic amines is 1. The second-order valence-electron chi connectivity index (χ2n) is 2.20. The lowest BCUT2D eigenvalue weighted by atomic mass is 10.3. The van der Waals surface area contributed by atoms with E-state index in [1.165, 1.54) is 0 Å². The molecule has 0 aliphatic rings. The summed E-state index contributed by atoms with van der Waals surface area (Å²) in [7, 11) is 0. The van der Waals surface area contributed by atoms with Gasteiger partial charge in [-0.15, -0.1) is 0 Å². The molecule has 0 bridgehead atoms. The molecule has 5 nitrogen and oxygen atoms in total. The maximum absolute atomic E-state index is 5.46. The van der Waals surface area contributed by atoms with Crippen LogP contribution in [-0.4, -0.2) is 15.4 Å². The molecular weight excluding hydrogens is 224 g/mol. The normalized spacial score (nSPS) is 10.4. The summed E-state index contributed by atoms with van der Waals surface area (Å²) in [6, 6.07) is 0. The van der Waals surface area contributed by atoms with Crippen LogP contribution in [0, 0.1) is 0 Å². The Balaban J connectivity index is 2.55. The summed E-state index contributed by atoms with van der Waals surface area (Å²) in [6.45, 7) is 0. The Morgan fingerprint density at radius 1 is 1.58 bits per heavy atom. The van der Waals surface area contributed by atoms with E-state index in [2.05, 4.69) is 31.3 Å². The van der Waals surface area contributed by atoms with Crippen LogP contribution in [-0.2, 0) is 0 Å². The molecule has 62 valence electrons. The van der Waals surface area contributed by atoms with Gasteiger partial charge in [-0.1, -0.05) is 5.16 Å². The first-order valence-corrected chi connectivity index (χ1v) is 3.98. The van der Waals surface area contributed by atoms with Crippen LogP contribution >= 0.6 is 15.9 Å². The number of nitrogens with two attached hydrogens (primary N) is 1. The van der Waals surface area contributed by atoms with Crippen LogP contribution in [0.1, 0.15) is 0 Å². The third kappa shape index (κ3) is 1.00. The third-order valence-electron chi connectivity index (χ3n) is 1.42. The summed E-state index contributed by atoms with van der Waals surface area (Å²) in [5.74, 6) is 0.924. The molecular formula is C6H5BrN4O. The lowest BCUT2D eigenvalue weighted by Crippen LogP contribution is -1.82. The molecule has 12 heavy (non-hydrogen) atoms. The van der Waals surface area contributed by atoms with Gasteiger partial charge >= 0.3 is 0 Å². The van der Waals surface area contributed by atoms with E-state index < -0.39 is 0 Å². The minimum absolute atomic E-state index is 0.339. The summed E-state index contributed by atoms with van der Waals surface area (Å²) in [4.78, 5) is 0. The van der Waals surface area contributed by atoms with E-state index in [-0.39, 0.29) is 0 Å². The van der Waals surface area contributed by atoms with E-state index in [0.29, 0.717) is 16.1 Å². The number of aromatic nitrogens is 3. The zero-order valence-electron chi connectivity index (χ0n) is 5.91. The average molecular weight is 229 g/mol. The lowest BCUT2D eigenvalue weighted by Gasteiger charge is -1.86. The van der Waals surface area contributed by atoms with Crippen LogP contribution in [0.4, 0.5) is 5.82 Å². The van der Waals surface area contributed by atoms with Crippen molar-refractivity contribution in [3.05, 3.63) is 16.9 Å². The molecule has 2 rings (SSSR count). The van der Waals surface area contributed by atoms with Gasteiger partial charge in [-0.2, -0.15) is 5.10 Å². The van der Waals surface area contributed by atoms with Crippen molar-refractivity contribution in [3.63, 3.8) is 0 Å². The van der Waals surface area contributed by atoms with Gasteiger partial charge in [0.2, 0.25) is 0 Å². The van der Waals surface area contributed by atoms with Crippen molar-refractivity contribution >= 4 is 21.7 Å². The summed E-state index contributed by atoms with van der Waals surface area (Å²) >= 11 is 3.25. The Hall–Kier alpha value is -1.30. The largest absolute Gasteiger partial charge is 0.380 e. The number of H-pyrrole nitrogens is 1. The minimum atomic E-state index is 0.339. The fourth-order valence-electron chi connectivity index (χ4n) is 0.846. The summed E-state index contributed by atoms with van der Waals surface area (Å²) < 4.78 is 5.61. The number of nitrogen functional groups attached to an aromatic ring is 1. The van der Waals surface area contributed by atoms with Gasteiger partial charge < -0.3 is 10.3 Å². The molecule has 3 N–H and O–H groups in total. The average Bonchev–Trinajstić information content (AvgIpc) is 2.64. The quantitative estimate of drug-likeness (QED) is 0.774. The number of halogens is 1. The van der Waals surface area contributed by atoms with Crippen molar-refractivity contribution in [1.82, 2.24) is 15.4 Å².